The molecule has 0 heterocycles. The number of allylic oxidation sites excluding steroid dienone is 2. The predicted octanol–water partition coefficient (Wildman–Crippen LogP) is 5.91. The molecule has 0 atom stereocenters. The van der Waals surface area contributed by atoms with Gasteiger partial charge in [0.05, 0.1) is 6.08 Å². The second-order valence-electron chi connectivity index (χ2n) is 5.68. The average Bonchev–Trinajstić information content (AvgIpc) is 2.57. The van der Waals surface area contributed by atoms with Gasteiger partial charge in [-0.05, 0) is 0 Å². The SMILES string of the molecule is O=C(O)COC(F)(F)C(F)(F)C(F)(F)C(F)(F)C(F)(F)C(F)(F)C(F)(F)C(F)=CC(F)(F)F. The third-order valence-corrected chi connectivity index (χ3v) is 3.30. The fourth-order valence-corrected chi connectivity index (χ4v) is 1.60. The number of ether oxygens (including phenoxy) is 1. The molecule has 1 N–H and O–H groups in total. The van der Waals surface area contributed by atoms with E-state index in [2.05, 4.69) is 4.74 Å². The summed E-state index contributed by atoms with van der Waals surface area (Å²) in [4.78, 5) is 9.92. The lowest BCUT2D eigenvalue weighted by atomic mass is 9.90. The van der Waals surface area contributed by atoms with Crippen molar-refractivity contribution in [2.45, 2.75) is 47.8 Å². The lowest BCUT2D eigenvalue weighted by Crippen LogP contribution is -2.73. The highest BCUT2D eigenvalue weighted by Gasteiger charge is 2.93. The van der Waals surface area contributed by atoms with Crippen LogP contribution in [0.5, 0.6) is 0 Å². The summed E-state index contributed by atoms with van der Waals surface area (Å²) < 4.78 is 236. The molecule has 0 radical (unpaired) electrons. The van der Waals surface area contributed by atoms with Crippen LogP contribution < -0.4 is 0 Å². The molecule has 0 unspecified atom stereocenters. The van der Waals surface area contributed by atoms with Gasteiger partial charge in [0.25, 0.3) is 0 Å². The molecule has 0 saturated heterocycles. The minimum Gasteiger partial charge on any atom is -0.480 e. The number of carbonyl (C=O) groups is 1. The number of hydrogen-bond acceptors (Lipinski definition) is 2. The standard InChI is InChI=1S/C12H4F18O3/c13-3(1-5(14,15)16)6(17,18)7(19,20)8(21,22)9(23,24)10(25,26)11(27,28)12(29,30)33-2-4(31)32/h1H,2H2,(H,31,32). The smallest absolute Gasteiger partial charge is 0.426 e. The molecule has 0 saturated carbocycles. The molecule has 0 spiro atoms. The average molecular weight is 538 g/mol. The molecule has 0 rings (SSSR count). The highest BCUT2D eigenvalue weighted by atomic mass is 19.4. The first-order valence-corrected chi connectivity index (χ1v) is 7.00. The van der Waals surface area contributed by atoms with Crippen molar-refractivity contribution >= 4 is 5.97 Å². The van der Waals surface area contributed by atoms with Gasteiger partial charge >= 0.3 is 53.8 Å². The molecular weight excluding hydrogens is 534 g/mol. The Labute approximate surface area is 167 Å². The molecule has 3 nitrogen and oxygen atoms in total. The van der Waals surface area contributed by atoms with Gasteiger partial charge in [-0.3, -0.25) is 0 Å². The van der Waals surface area contributed by atoms with E-state index >= 15 is 0 Å². The largest absolute Gasteiger partial charge is 0.480 e. The summed E-state index contributed by atoms with van der Waals surface area (Å²) in [5.74, 6) is -57.5. The summed E-state index contributed by atoms with van der Waals surface area (Å²) >= 11 is 0. The normalized spacial score (nSPS) is 16.2. The number of carboxylic acid groups (broad SMARTS) is 1. The second kappa shape index (κ2) is 8.29. The third kappa shape index (κ3) is 4.91. The summed E-state index contributed by atoms with van der Waals surface area (Å²) in [5.41, 5.74) is 0. The Morgan fingerprint density at radius 3 is 1.30 bits per heavy atom. The lowest BCUT2D eigenvalue weighted by Gasteiger charge is -2.42. The monoisotopic (exact) mass is 538 g/mol. The van der Waals surface area contributed by atoms with Gasteiger partial charge in [-0.15, -0.1) is 0 Å². The lowest BCUT2D eigenvalue weighted by molar-refractivity contribution is -0.464. The maximum Gasteiger partial charge on any atom is 0.426 e. The summed E-state index contributed by atoms with van der Waals surface area (Å²) in [6, 6.07) is 0. The molecule has 0 aromatic heterocycles. The zero-order valence-corrected chi connectivity index (χ0v) is 14.4. The van der Waals surface area contributed by atoms with Gasteiger partial charge in [0.15, 0.2) is 12.4 Å². The number of rotatable bonds is 10. The third-order valence-electron chi connectivity index (χ3n) is 3.30. The van der Waals surface area contributed by atoms with E-state index in [1.54, 1.807) is 0 Å². The highest BCUT2D eigenvalue weighted by molar-refractivity contribution is 5.68. The van der Waals surface area contributed by atoms with Crippen molar-refractivity contribution in [2.24, 2.45) is 0 Å². The summed E-state index contributed by atoms with van der Waals surface area (Å²) in [6.07, 6.45) is -16.0. The van der Waals surface area contributed by atoms with Crippen molar-refractivity contribution in [2.75, 3.05) is 6.61 Å². The molecule has 0 aliphatic heterocycles. The van der Waals surface area contributed by atoms with E-state index in [1.165, 1.54) is 0 Å². The molecule has 0 amide bonds. The molecular formula is C12H4F18O3. The van der Waals surface area contributed by atoms with Crippen LogP contribution in [-0.4, -0.2) is 65.5 Å². The quantitative estimate of drug-likeness (QED) is 0.352. The Balaban J connectivity index is 6.69. The van der Waals surface area contributed by atoms with Crippen LogP contribution in [0.25, 0.3) is 0 Å². The van der Waals surface area contributed by atoms with Crippen molar-refractivity contribution in [1.82, 2.24) is 0 Å². The minimum atomic E-state index is -8.70. The van der Waals surface area contributed by atoms with Crippen molar-refractivity contribution in [1.29, 1.82) is 0 Å². The maximum atomic E-state index is 13.4. The van der Waals surface area contributed by atoms with Crippen LogP contribution in [0.2, 0.25) is 0 Å². The Morgan fingerprint density at radius 1 is 0.636 bits per heavy atom. The zero-order chi connectivity index (χ0) is 27.3. The summed E-state index contributed by atoms with van der Waals surface area (Å²) in [7, 11) is 0. The van der Waals surface area contributed by atoms with Crippen LogP contribution in [0.1, 0.15) is 0 Å². The molecule has 33 heavy (non-hydrogen) atoms. The molecule has 0 aliphatic carbocycles. The van der Waals surface area contributed by atoms with E-state index < -0.39 is 72.3 Å². The first-order valence-electron chi connectivity index (χ1n) is 7.00. The fourth-order valence-electron chi connectivity index (χ4n) is 1.60. The van der Waals surface area contributed by atoms with E-state index in [0.29, 0.717) is 0 Å². The highest BCUT2D eigenvalue weighted by Crippen LogP contribution is 2.63. The predicted molar refractivity (Wildman–Crippen MR) is 63.5 cm³/mol. The number of aliphatic carboxylic acids is 1. The van der Waals surface area contributed by atoms with Crippen molar-refractivity contribution < 1.29 is 93.7 Å². The van der Waals surface area contributed by atoms with Crippen LogP contribution in [0.4, 0.5) is 79.0 Å². The van der Waals surface area contributed by atoms with Gasteiger partial charge in [0.1, 0.15) is 0 Å². The fraction of sp³-hybridized carbons (Fsp3) is 0.750. The van der Waals surface area contributed by atoms with E-state index in [-0.39, 0.29) is 0 Å². The van der Waals surface area contributed by atoms with E-state index in [4.69, 9.17) is 5.11 Å². The topological polar surface area (TPSA) is 46.5 Å². The van der Waals surface area contributed by atoms with Crippen molar-refractivity contribution in [3.05, 3.63) is 11.9 Å². The Kier molecular flexibility index (Phi) is 7.77. The van der Waals surface area contributed by atoms with Gasteiger partial charge in [0, 0.05) is 0 Å². The van der Waals surface area contributed by atoms with Gasteiger partial charge in [0.2, 0.25) is 0 Å². The molecule has 0 aromatic rings. The number of halogens is 18. The Hall–Kier alpha value is -2.09. The second-order valence-corrected chi connectivity index (χ2v) is 5.68. The minimum absolute atomic E-state index is 2.32. The number of carboxylic acids is 1. The first kappa shape index (κ1) is 30.9. The van der Waals surface area contributed by atoms with Crippen LogP contribution in [-0.2, 0) is 9.53 Å². The molecule has 0 aromatic carbocycles. The van der Waals surface area contributed by atoms with E-state index in [0.717, 1.165) is 0 Å². The van der Waals surface area contributed by atoms with Gasteiger partial charge < -0.3 is 9.84 Å². The van der Waals surface area contributed by atoms with Crippen LogP contribution in [0.15, 0.2) is 11.9 Å². The van der Waals surface area contributed by atoms with Gasteiger partial charge in [-0.25, -0.2) is 9.18 Å². The van der Waals surface area contributed by atoms with Gasteiger partial charge in [-0.1, -0.05) is 0 Å². The molecule has 0 aliphatic rings. The van der Waals surface area contributed by atoms with Gasteiger partial charge in [-0.2, -0.15) is 74.6 Å². The van der Waals surface area contributed by atoms with Crippen LogP contribution in [0, 0.1) is 0 Å². The number of hydrogen-bond donors (Lipinski definition) is 1. The molecule has 21 heteroatoms. The summed E-state index contributed by atoms with van der Waals surface area (Å²) in [6.45, 7) is -2.71. The van der Waals surface area contributed by atoms with E-state index in [1.807, 2.05) is 0 Å². The Bertz CT molecular complexity index is 764. The Morgan fingerprint density at radius 2 is 0.970 bits per heavy atom. The van der Waals surface area contributed by atoms with Crippen LogP contribution in [0.3, 0.4) is 0 Å². The van der Waals surface area contributed by atoms with Crippen molar-refractivity contribution in [3.63, 3.8) is 0 Å². The van der Waals surface area contributed by atoms with E-state index in [9.17, 15) is 83.8 Å². The first-order chi connectivity index (χ1) is 14.0. The van der Waals surface area contributed by atoms with Crippen molar-refractivity contribution in [3.8, 4) is 0 Å². The zero-order valence-electron chi connectivity index (χ0n) is 14.4. The summed E-state index contributed by atoms with van der Waals surface area (Å²) in [5, 5.41) is 7.90. The number of alkyl halides is 17. The molecule has 0 bridgehead atoms. The molecule has 196 valence electrons. The van der Waals surface area contributed by atoms with Crippen LogP contribution >= 0.6 is 0 Å². The molecule has 0 fully saturated rings. The maximum absolute atomic E-state index is 13.4.